The van der Waals surface area contributed by atoms with Crippen molar-refractivity contribution < 1.29 is 32.5 Å². The molecule has 1 aromatic rings. The van der Waals surface area contributed by atoms with Crippen molar-refractivity contribution in [2.24, 2.45) is 0 Å². The van der Waals surface area contributed by atoms with E-state index < -0.39 is 29.9 Å². The Morgan fingerprint density at radius 1 is 1.35 bits per heavy atom. The summed E-state index contributed by atoms with van der Waals surface area (Å²) in [5.41, 5.74) is -1.41. The van der Waals surface area contributed by atoms with E-state index in [4.69, 9.17) is 14.6 Å². The number of ether oxygens (including phenoxy) is 2. The Labute approximate surface area is 93.6 Å². The molecule has 0 radical (unpaired) electrons. The Hall–Kier alpha value is -1.92. The summed E-state index contributed by atoms with van der Waals surface area (Å²) in [6.07, 6.45) is -5.39. The van der Waals surface area contributed by atoms with Crippen molar-refractivity contribution in [3.63, 3.8) is 0 Å². The minimum Gasteiger partial charge on any atom is -0.481 e. The highest BCUT2D eigenvalue weighted by Crippen LogP contribution is 2.46. The maximum Gasteiger partial charge on any atom is 0.420 e. The van der Waals surface area contributed by atoms with E-state index in [1.54, 1.807) is 0 Å². The van der Waals surface area contributed by atoms with Gasteiger partial charge in [-0.15, -0.1) is 0 Å². The van der Waals surface area contributed by atoms with Crippen LogP contribution < -0.4 is 9.47 Å². The Balaban J connectivity index is 2.57. The van der Waals surface area contributed by atoms with E-state index in [0.717, 1.165) is 6.07 Å². The quantitative estimate of drug-likeness (QED) is 0.870. The number of carbonyl (C=O) groups is 1. The second kappa shape index (κ2) is 3.83. The van der Waals surface area contributed by atoms with Crippen LogP contribution in [0.1, 0.15) is 11.1 Å². The molecule has 7 heteroatoms. The molecule has 1 aliphatic rings. The fourth-order valence-corrected chi connectivity index (χ4v) is 1.63. The summed E-state index contributed by atoms with van der Waals surface area (Å²) < 4.78 is 48.0. The van der Waals surface area contributed by atoms with E-state index in [1.165, 1.54) is 6.07 Å². The van der Waals surface area contributed by atoms with E-state index in [9.17, 15) is 18.0 Å². The molecule has 0 bridgehead atoms. The van der Waals surface area contributed by atoms with Gasteiger partial charge < -0.3 is 14.6 Å². The second-order valence-corrected chi connectivity index (χ2v) is 3.40. The molecule has 4 nitrogen and oxygen atoms in total. The van der Waals surface area contributed by atoms with Gasteiger partial charge in [0, 0.05) is 0 Å². The van der Waals surface area contributed by atoms with E-state index in [-0.39, 0.29) is 18.1 Å². The summed E-state index contributed by atoms with van der Waals surface area (Å²) in [5, 5.41) is 8.57. The fourth-order valence-electron chi connectivity index (χ4n) is 1.63. The highest BCUT2D eigenvalue weighted by molar-refractivity contribution is 5.72. The van der Waals surface area contributed by atoms with Crippen LogP contribution in [0, 0.1) is 0 Å². The van der Waals surface area contributed by atoms with Gasteiger partial charge in [0.05, 0.1) is 6.42 Å². The second-order valence-electron chi connectivity index (χ2n) is 3.40. The molecule has 0 atom stereocenters. The molecule has 0 saturated heterocycles. The zero-order valence-electron chi connectivity index (χ0n) is 8.37. The summed E-state index contributed by atoms with van der Waals surface area (Å²) >= 11 is 0. The number of halogens is 3. The first-order valence-corrected chi connectivity index (χ1v) is 4.60. The van der Waals surface area contributed by atoms with Gasteiger partial charge in [-0.2, -0.15) is 13.2 Å². The first-order valence-electron chi connectivity index (χ1n) is 4.60. The molecule has 0 unspecified atom stereocenters. The summed E-state index contributed by atoms with van der Waals surface area (Å²) in [4.78, 5) is 10.5. The van der Waals surface area contributed by atoms with Gasteiger partial charge in [0.15, 0.2) is 11.5 Å². The predicted octanol–water partition coefficient (Wildman–Crippen LogP) is 2.06. The minimum absolute atomic E-state index is 0.0218. The molecule has 1 heterocycles. The highest BCUT2D eigenvalue weighted by Gasteiger charge is 2.40. The lowest BCUT2D eigenvalue weighted by atomic mass is 10.0. The Morgan fingerprint density at radius 3 is 2.65 bits per heavy atom. The lowest BCUT2D eigenvalue weighted by Gasteiger charge is -2.13. The third-order valence-electron chi connectivity index (χ3n) is 2.25. The van der Waals surface area contributed by atoms with Gasteiger partial charge in [-0.25, -0.2) is 0 Å². The first-order chi connectivity index (χ1) is 7.89. The van der Waals surface area contributed by atoms with Gasteiger partial charge >= 0.3 is 12.1 Å². The SMILES string of the molecule is O=C(O)Cc1ccc2c(c1C(F)(F)F)OCO2. The lowest BCUT2D eigenvalue weighted by Crippen LogP contribution is -2.13. The largest absolute Gasteiger partial charge is 0.481 e. The zero-order chi connectivity index (χ0) is 12.6. The lowest BCUT2D eigenvalue weighted by molar-refractivity contribution is -0.140. The molecule has 92 valence electrons. The van der Waals surface area contributed by atoms with Gasteiger partial charge in [-0.3, -0.25) is 4.79 Å². The smallest absolute Gasteiger partial charge is 0.420 e. The van der Waals surface area contributed by atoms with Gasteiger partial charge in [0.1, 0.15) is 5.56 Å². The average molecular weight is 248 g/mol. The van der Waals surface area contributed by atoms with E-state index >= 15 is 0 Å². The molecular formula is C10H7F3O4. The van der Waals surface area contributed by atoms with Crippen LogP contribution in [0.25, 0.3) is 0 Å². The van der Waals surface area contributed by atoms with Gasteiger partial charge in [-0.05, 0) is 11.6 Å². The van der Waals surface area contributed by atoms with Crippen molar-refractivity contribution in [3.8, 4) is 11.5 Å². The van der Waals surface area contributed by atoms with Crippen LogP contribution in [0.3, 0.4) is 0 Å². The number of hydrogen-bond acceptors (Lipinski definition) is 3. The van der Waals surface area contributed by atoms with E-state index in [2.05, 4.69) is 0 Å². The van der Waals surface area contributed by atoms with Crippen molar-refractivity contribution in [3.05, 3.63) is 23.3 Å². The molecule has 1 N–H and O–H groups in total. The summed E-state index contributed by atoms with van der Waals surface area (Å²) in [7, 11) is 0. The maximum atomic E-state index is 12.8. The number of alkyl halides is 3. The van der Waals surface area contributed by atoms with E-state index in [1.807, 2.05) is 0 Å². The summed E-state index contributed by atoms with van der Waals surface area (Å²) in [6, 6.07) is 2.36. The van der Waals surface area contributed by atoms with Crippen molar-refractivity contribution in [1.82, 2.24) is 0 Å². The molecule has 0 amide bonds. The molecular weight excluding hydrogens is 241 g/mol. The molecule has 0 aliphatic carbocycles. The van der Waals surface area contributed by atoms with Crippen molar-refractivity contribution in [1.29, 1.82) is 0 Å². The molecule has 1 aromatic carbocycles. The van der Waals surface area contributed by atoms with Crippen LogP contribution >= 0.6 is 0 Å². The third kappa shape index (κ3) is 2.13. The molecule has 17 heavy (non-hydrogen) atoms. The van der Waals surface area contributed by atoms with Gasteiger partial charge in [0.25, 0.3) is 0 Å². The summed E-state index contributed by atoms with van der Waals surface area (Å²) in [5.74, 6) is -1.79. The number of benzene rings is 1. The number of rotatable bonds is 2. The monoisotopic (exact) mass is 248 g/mol. The third-order valence-corrected chi connectivity index (χ3v) is 2.25. The van der Waals surface area contributed by atoms with Crippen LogP contribution in [0.15, 0.2) is 12.1 Å². The topological polar surface area (TPSA) is 55.8 Å². The summed E-state index contributed by atoms with van der Waals surface area (Å²) in [6.45, 7) is -0.297. The normalized spacial score (nSPS) is 13.8. The standard InChI is InChI=1S/C10H7F3O4/c11-10(12,13)8-5(3-7(14)15)1-2-6-9(8)17-4-16-6/h1-2H,3-4H2,(H,14,15). The van der Waals surface area contributed by atoms with E-state index in [0.29, 0.717) is 0 Å². The number of fused-ring (bicyclic) bond motifs is 1. The number of aliphatic carboxylic acids is 1. The molecule has 0 aromatic heterocycles. The molecule has 0 saturated carbocycles. The minimum atomic E-state index is -4.68. The van der Waals surface area contributed by atoms with Crippen LogP contribution in [0.5, 0.6) is 11.5 Å². The number of carboxylic acid groups (broad SMARTS) is 1. The van der Waals surface area contributed by atoms with Crippen molar-refractivity contribution in [2.45, 2.75) is 12.6 Å². The van der Waals surface area contributed by atoms with Crippen LogP contribution in [-0.4, -0.2) is 17.9 Å². The maximum absolute atomic E-state index is 12.8. The number of hydrogen-bond donors (Lipinski definition) is 1. The fraction of sp³-hybridized carbons (Fsp3) is 0.300. The molecule has 0 fully saturated rings. The Kier molecular flexibility index (Phi) is 2.60. The van der Waals surface area contributed by atoms with Gasteiger partial charge in [0.2, 0.25) is 6.79 Å². The molecule has 0 spiro atoms. The van der Waals surface area contributed by atoms with Crippen molar-refractivity contribution >= 4 is 5.97 Å². The van der Waals surface area contributed by atoms with Crippen LogP contribution in [0.4, 0.5) is 13.2 Å². The van der Waals surface area contributed by atoms with Crippen molar-refractivity contribution in [2.75, 3.05) is 6.79 Å². The molecule has 2 rings (SSSR count). The first kappa shape index (κ1) is 11.6. The number of carboxylic acids is 1. The van der Waals surface area contributed by atoms with Gasteiger partial charge in [-0.1, -0.05) is 6.07 Å². The van der Waals surface area contributed by atoms with Crippen LogP contribution in [-0.2, 0) is 17.4 Å². The Morgan fingerprint density at radius 2 is 2.06 bits per heavy atom. The van der Waals surface area contributed by atoms with Crippen LogP contribution in [0.2, 0.25) is 0 Å². The zero-order valence-corrected chi connectivity index (χ0v) is 8.37. The average Bonchev–Trinajstić information content (AvgIpc) is 2.61. The highest BCUT2D eigenvalue weighted by atomic mass is 19.4. The predicted molar refractivity (Wildman–Crippen MR) is 48.9 cm³/mol. The Bertz CT molecular complexity index is 467. The molecule has 1 aliphatic heterocycles.